The van der Waals surface area contributed by atoms with Crippen LogP contribution in [-0.2, 0) is 11.3 Å². The zero-order valence-corrected chi connectivity index (χ0v) is 14.6. The standard InChI is InChI=1S/C18H28N4O2/c1-14-11-21(12-15(2)24-14)13-17-4-3-9-22(17)18(23)20-10-16-5-7-19-8-6-16/h5-8,14-15,17H,3-4,9-13H2,1-2H3,(H,20,23)/t14-,15-,17-/m1/s1. The van der Waals surface area contributed by atoms with Gasteiger partial charge in [-0.1, -0.05) is 0 Å². The van der Waals surface area contributed by atoms with Crippen LogP contribution in [0.3, 0.4) is 0 Å². The molecule has 2 fully saturated rings. The molecule has 2 amide bonds. The first kappa shape index (κ1) is 17.2. The number of urea groups is 1. The Labute approximate surface area is 144 Å². The van der Waals surface area contributed by atoms with E-state index in [1.54, 1.807) is 12.4 Å². The lowest BCUT2D eigenvalue weighted by Gasteiger charge is -2.38. The minimum Gasteiger partial charge on any atom is -0.373 e. The summed E-state index contributed by atoms with van der Waals surface area (Å²) in [6.45, 7) is 8.49. The van der Waals surface area contributed by atoms with E-state index in [1.165, 1.54) is 0 Å². The van der Waals surface area contributed by atoms with Gasteiger partial charge in [0.1, 0.15) is 0 Å². The number of morpholine rings is 1. The molecule has 1 aromatic heterocycles. The molecular formula is C18H28N4O2. The number of amides is 2. The van der Waals surface area contributed by atoms with Gasteiger partial charge in [0.2, 0.25) is 0 Å². The summed E-state index contributed by atoms with van der Waals surface area (Å²) in [5, 5.41) is 3.04. The van der Waals surface area contributed by atoms with Gasteiger partial charge in [0.05, 0.1) is 12.2 Å². The molecule has 6 nitrogen and oxygen atoms in total. The molecule has 3 heterocycles. The number of carbonyl (C=O) groups excluding carboxylic acids is 1. The summed E-state index contributed by atoms with van der Waals surface area (Å²) < 4.78 is 5.80. The van der Waals surface area contributed by atoms with Gasteiger partial charge in [-0.3, -0.25) is 9.88 Å². The van der Waals surface area contributed by atoms with Crippen LogP contribution in [-0.4, -0.2) is 65.2 Å². The fourth-order valence-electron chi connectivity index (χ4n) is 3.80. The van der Waals surface area contributed by atoms with E-state index in [-0.39, 0.29) is 18.2 Å². The van der Waals surface area contributed by atoms with Crippen molar-refractivity contribution in [2.75, 3.05) is 26.2 Å². The number of hydrogen-bond acceptors (Lipinski definition) is 4. The third-order valence-electron chi connectivity index (χ3n) is 4.80. The zero-order chi connectivity index (χ0) is 16.9. The highest BCUT2D eigenvalue weighted by atomic mass is 16.5. The van der Waals surface area contributed by atoms with E-state index in [4.69, 9.17) is 4.74 Å². The quantitative estimate of drug-likeness (QED) is 0.914. The third-order valence-corrected chi connectivity index (χ3v) is 4.80. The Morgan fingerprint density at radius 2 is 2.00 bits per heavy atom. The number of aromatic nitrogens is 1. The molecule has 1 N–H and O–H groups in total. The van der Waals surface area contributed by atoms with Crippen molar-refractivity contribution in [2.24, 2.45) is 0 Å². The first-order valence-electron chi connectivity index (χ1n) is 8.93. The summed E-state index contributed by atoms with van der Waals surface area (Å²) in [6.07, 6.45) is 6.21. The molecule has 2 aliphatic heterocycles. The molecule has 3 atom stereocenters. The second kappa shape index (κ2) is 7.94. The molecule has 0 bridgehead atoms. The molecule has 6 heteroatoms. The van der Waals surface area contributed by atoms with Gasteiger partial charge in [-0.25, -0.2) is 4.79 Å². The van der Waals surface area contributed by atoms with Crippen molar-refractivity contribution in [3.63, 3.8) is 0 Å². The topological polar surface area (TPSA) is 57.7 Å². The lowest BCUT2D eigenvalue weighted by atomic mass is 10.1. The van der Waals surface area contributed by atoms with Gasteiger partial charge in [0, 0.05) is 51.2 Å². The number of rotatable bonds is 4. The summed E-state index contributed by atoms with van der Waals surface area (Å²) in [4.78, 5) is 21.0. The minimum absolute atomic E-state index is 0.0451. The zero-order valence-electron chi connectivity index (χ0n) is 14.6. The van der Waals surface area contributed by atoms with Gasteiger partial charge in [-0.15, -0.1) is 0 Å². The summed E-state index contributed by atoms with van der Waals surface area (Å²) in [5.41, 5.74) is 1.07. The SMILES string of the molecule is C[C@@H]1CN(C[C@H]2CCCN2C(=O)NCc2ccncc2)C[C@@H](C)O1. The number of likely N-dealkylation sites (tertiary alicyclic amines) is 1. The number of nitrogens with one attached hydrogen (secondary N) is 1. The van der Waals surface area contributed by atoms with Crippen molar-refractivity contribution < 1.29 is 9.53 Å². The van der Waals surface area contributed by atoms with Crippen molar-refractivity contribution in [3.05, 3.63) is 30.1 Å². The molecule has 0 saturated carbocycles. The number of hydrogen-bond donors (Lipinski definition) is 1. The van der Waals surface area contributed by atoms with Crippen LogP contribution in [0.25, 0.3) is 0 Å². The molecule has 0 spiro atoms. The van der Waals surface area contributed by atoms with Crippen LogP contribution in [0, 0.1) is 0 Å². The van der Waals surface area contributed by atoms with Crippen molar-refractivity contribution in [1.29, 1.82) is 0 Å². The Morgan fingerprint density at radius 1 is 1.29 bits per heavy atom. The molecule has 0 aliphatic carbocycles. The molecule has 0 aromatic carbocycles. The van der Waals surface area contributed by atoms with Crippen LogP contribution in [0.5, 0.6) is 0 Å². The van der Waals surface area contributed by atoms with E-state index in [2.05, 4.69) is 29.0 Å². The predicted octanol–water partition coefficient (Wildman–Crippen LogP) is 1.86. The first-order chi connectivity index (χ1) is 11.6. The van der Waals surface area contributed by atoms with Crippen LogP contribution < -0.4 is 5.32 Å². The summed E-state index contributed by atoms with van der Waals surface area (Å²) in [7, 11) is 0. The maximum atomic E-state index is 12.6. The van der Waals surface area contributed by atoms with Gasteiger partial charge in [-0.2, -0.15) is 0 Å². The molecule has 0 unspecified atom stereocenters. The Morgan fingerprint density at radius 3 is 2.71 bits per heavy atom. The van der Waals surface area contributed by atoms with Gasteiger partial charge >= 0.3 is 6.03 Å². The molecule has 3 rings (SSSR count). The fourth-order valence-corrected chi connectivity index (χ4v) is 3.80. The maximum Gasteiger partial charge on any atom is 0.317 e. The largest absolute Gasteiger partial charge is 0.373 e. The Balaban J connectivity index is 1.52. The summed E-state index contributed by atoms with van der Waals surface area (Å²) in [5.74, 6) is 0. The Kier molecular flexibility index (Phi) is 5.68. The molecule has 2 aliphatic rings. The molecule has 1 aromatic rings. The van der Waals surface area contributed by atoms with E-state index in [9.17, 15) is 4.79 Å². The number of pyridine rings is 1. The molecular weight excluding hydrogens is 304 g/mol. The van der Waals surface area contributed by atoms with E-state index in [0.29, 0.717) is 12.6 Å². The van der Waals surface area contributed by atoms with Crippen molar-refractivity contribution >= 4 is 6.03 Å². The molecule has 2 saturated heterocycles. The minimum atomic E-state index is 0.0451. The van der Waals surface area contributed by atoms with Crippen LogP contribution >= 0.6 is 0 Å². The van der Waals surface area contributed by atoms with E-state index in [0.717, 1.165) is 44.6 Å². The van der Waals surface area contributed by atoms with Crippen LogP contribution in [0.2, 0.25) is 0 Å². The Hall–Kier alpha value is -1.66. The third kappa shape index (κ3) is 4.45. The van der Waals surface area contributed by atoms with Crippen LogP contribution in [0.15, 0.2) is 24.5 Å². The summed E-state index contributed by atoms with van der Waals surface area (Å²) in [6, 6.07) is 4.21. The predicted molar refractivity (Wildman–Crippen MR) is 92.6 cm³/mol. The highest BCUT2D eigenvalue weighted by molar-refractivity contribution is 5.74. The second-order valence-electron chi connectivity index (χ2n) is 6.98. The van der Waals surface area contributed by atoms with E-state index < -0.39 is 0 Å². The van der Waals surface area contributed by atoms with Crippen molar-refractivity contribution in [2.45, 2.75) is 51.5 Å². The Bertz CT molecular complexity index is 529. The van der Waals surface area contributed by atoms with E-state index >= 15 is 0 Å². The fraction of sp³-hybridized carbons (Fsp3) is 0.667. The van der Waals surface area contributed by atoms with Crippen LogP contribution in [0.4, 0.5) is 4.79 Å². The highest BCUT2D eigenvalue weighted by Crippen LogP contribution is 2.20. The highest BCUT2D eigenvalue weighted by Gasteiger charge is 2.32. The molecule has 24 heavy (non-hydrogen) atoms. The number of nitrogens with zero attached hydrogens (tertiary/aromatic N) is 3. The average Bonchev–Trinajstić information content (AvgIpc) is 3.01. The van der Waals surface area contributed by atoms with Gasteiger partial charge in [0.15, 0.2) is 0 Å². The molecule has 132 valence electrons. The van der Waals surface area contributed by atoms with E-state index in [1.807, 2.05) is 17.0 Å². The van der Waals surface area contributed by atoms with Gasteiger partial charge < -0.3 is 15.0 Å². The number of carbonyl (C=O) groups is 1. The molecule has 0 radical (unpaired) electrons. The monoisotopic (exact) mass is 332 g/mol. The summed E-state index contributed by atoms with van der Waals surface area (Å²) >= 11 is 0. The van der Waals surface area contributed by atoms with Gasteiger partial charge in [0.25, 0.3) is 0 Å². The lowest BCUT2D eigenvalue weighted by Crippen LogP contribution is -2.52. The lowest BCUT2D eigenvalue weighted by molar-refractivity contribution is -0.0713. The van der Waals surface area contributed by atoms with Crippen molar-refractivity contribution in [3.8, 4) is 0 Å². The normalized spacial score (nSPS) is 28.1. The maximum absolute atomic E-state index is 12.6. The van der Waals surface area contributed by atoms with Gasteiger partial charge in [-0.05, 0) is 44.4 Å². The average molecular weight is 332 g/mol. The smallest absolute Gasteiger partial charge is 0.317 e. The van der Waals surface area contributed by atoms with Crippen molar-refractivity contribution in [1.82, 2.24) is 20.1 Å². The first-order valence-corrected chi connectivity index (χ1v) is 8.93. The second-order valence-corrected chi connectivity index (χ2v) is 6.98. The number of ether oxygens (including phenoxy) is 1. The van der Waals surface area contributed by atoms with Crippen LogP contribution in [0.1, 0.15) is 32.3 Å².